The van der Waals surface area contributed by atoms with Crippen molar-refractivity contribution < 1.29 is 9.59 Å². The van der Waals surface area contributed by atoms with Gasteiger partial charge in [-0.3, -0.25) is 9.36 Å². The van der Waals surface area contributed by atoms with Crippen molar-refractivity contribution in [3.05, 3.63) is 83.3 Å². The lowest BCUT2D eigenvalue weighted by molar-refractivity contribution is -0.122. The number of nitrogens with zero attached hydrogens (tertiary/aromatic N) is 3. The minimum absolute atomic E-state index is 0.139. The number of para-hydroxylation sites is 1. The first-order chi connectivity index (χ1) is 17.0. The zero-order valence-electron chi connectivity index (χ0n) is 19.7. The number of fused-ring (bicyclic) bond motifs is 1. The molecule has 2 aromatic heterocycles. The van der Waals surface area contributed by atoms with Crippen molar-refractivity contribution in [3.63, 3.8) is 0 Å². The van der Waals surface area contributed by atoms with Gasteiger partial charge in [0.2, 0.25) is 5.91 Å². The summed E-state index contributed by atoms with van der Waals surface area (Å²) in [7, 11) is 0. The average Bonchev–Trinajstić information content (AvgIpc) is 3.36. The number of unbranched alkanes of at least 4 members (excludes halogenated alkanes) is 2. The number of aromatic amines is 1. The number of Topliss-reactive ketones (excluding diaryl/α,β-unsaturated/α-hetero) is 1. The average molecular weight is 472 g/mol. The lowest BCUT2D eigenvalue weighted by Crippen LogP contribution is -2.36. The van der Waals surface area contributed by atoms with Gasteiger partial charge in [-0.15, -0.1) is 0 Å². The molecule has 0 spiro atoms. The Morgan fingerprint density at radius 3 is 2.54 bits per heavy atom. The second kappa shape index (κ2) is 11.4. The fourth-order valence-corrected chi connectivity index (χ4v) is 4.13. The van der Waals surface area contributed by atoms with Gasteiger partial charge in [0, 0.05) is 18.0 Å². The third-order valence-electron chi connectivity index (χ3n) is 5.94. The highest BCUT2D eigenvalue weighted by molar-refractivity contribution is 5.81. The first-order valence-electron chi connectivity index (χ1n) is 11.8. The maximum absolute atomic E-state index is 13.1. The number of amides is 1. The van der Waals surface area contributed by atoms with Crippen LogP contribution in [-0.2, 0) is 16.1 Å². The fraction of sp³-hybridized carbons (Fsp3) is 0.296. The number of nitrogens with one attached hydrogen (secondary N) is 2. The third kappa shape index (κ3) is 6.29. The van der Waals surface area contributed by atoms with E-state index >= 15 is 0 Å². The number of rotatable bonds is 11. The van der Waals surface area contributed by atoms with E-state index < -0.39 is 5.69 Å². The summed E-state index contributed by atoms with van der Waals surface area (Å²) >= 11 is 0. The highest BCUT2D eigenvalue weighted by Crippen LogP contribution is 2.22. The smallest absolute Gasteiger partial charge is 0.345 e. The minimum Gasteiger partial charge on any atom is -0.345 e. The first-order valence-corrected chi connectivity index (χ1v) is 11.8. The number of aromatic nitrogens is 4. The number of carbonyl (C=O) groups is 2. The van der Waals surface area contributed by atoms with Crippen LogP contribution in [0.25, 0.3) is 22.2 Å². The van der Waals surface area contributed by atoms with E-state index in [9.17, 15) is 14.4 Å². The topological polar surface area (TPSA) is 110 Å². The van der Waals surface area contributed by atoms with Crippen LogP contribution in [0.1, 0.15) is 50.9 Å². The Kier molecular flexibility index (Phi) is 7.82. The molecular formula is C27H29N5O3. The number of carbonyl (C=O) groups excluding carboxylic acids is 2. The lowest BCUT2D eigenvalue weighted by Gasteiger charge is -2.18. The maximum atomic E-state index is 13.1. The molecule has 1 atom stereocenters. The third-order valence-corrected chi connectivity index (χ3v) is 5.94. The van der Waals surface area contributed by atoms with Crippen LogP contribution >= 0.6 is 0 Å². The largest absolute Gasteiger partial charge is 0.348 e. The zero-order valence-corrected chi connectivity index (χ0v) is 19.7. The van der Waals surface area contributed by atoms with Crippen LogP contribution in [0.5, 0.6) is 0 Å². The van der Waals surface area contributed by atoms with Gasteiger partial charge in [-0.05, 0) is 31.4 Å². The van der Waals surface area contributed by atoms with Crippen molar-refractivity contribution in [2.75, 3.05) is 0 Å². The van der Waals surface area contributed by atoms with E-state index in [1.807, 2.05) is 48.5 Å². The van der Waals surface area contributed by atoms with E-state index in [0.29, 0.717) is 24.2 Å². The summed E-state index contributed by atoms with van der Waals surface area (Å²) in [5.74, 6) is 0.548. The van der Waals surface area contributed by atoms with E-state index in [2.05, 4.69) is 20.3 Å². The van der Waals surface area contributed by atoms with Gasteiger partial charge in [-0.1, -0.05) is 61.4 Å². The number of benzene rings is 2. The molecule has 0 saturated carbocycles. The Balaban J connectivity index is 1.51. The quantitative estimate of drug-likeness (QED) is 0.319. The van der Waals surface area contributed by atoms with E-state index in [4.69, 9.17) is 0 Å². The second-order valence-electron chi connectivity index (χ2n) is 8.66. The van der Waals surface area contributed by atoms with Crippen LogP contribution in [0.2, 0.25) is 0 Å². The number of hydrogen-bond donors (Lipinski definition) is 2. The first kappa shape index (κ1) is 24.1. The van der Waals surface area contributed by atoms with Gasteiger partial charge in [0.25, 0.3) is 0 Å². The second-order valence-corrected chi connectivity index (χ2v) is 8.66. The number of imidazole rings is 1. The van der Waals surface area contributed by atoms with Crippen LogP contribution in [0.4, 0.5) is 0 Å². The highest BCUT2D eigenvalue weighted by atomic mass is 16.2. The molecule has 4 aromatic rings. The van der Waals surface area contributed by atoms with E-state index in [0.717, 1.165) is 35.9 Å². The van der Waals surface area contributed by atoms with Crippen LogP contribution in [0, 0.1) is 0 Å². The number of hydrogen-bond acceptors (Lipinski definition) is 5. The Bertz CT molecular complexity index is 1360. The van der Waals surface area contributed by atoms with Crippen molar-refractivity contribution in [1.29, 1.82) is 0 Å². The van der Waals surface area contributed by atoms with Crippen LogP contribution in [0.15, 0.2) is 71.8 Å². The molecule has 180 valence electrons. The summed E-state index contributed by atoms with van der Waals surface area (Å²) in [6, 6.07) is 16.9. The van der Waals surface area contributed by atoms with Gasteiger partial charge in [0.15, 0.2) is 0 Å². The van der Waals surface area contributed by atoms with Gasteiger partial charge in [-0.2, -0.15) is 0 Å². The van der Waals surface area contributed by atoms with Crippen LogP contribution in [-0.4, -0.2) is 31.2 Å². The SMILES string of the molecule is CC(=O)CCCCC[C@H](NC(=O)Cn1c(=O)ncc2ccccc21)c1ncc(-c2ccccc2)[nH]1. The molecule has 1 amide bonds. The van der Waals surface area contributed by atoms with Crippen molar-refractivity contribution >= 4 is 22.6 Å². The Labute approximate surface area is 203 Å². The molecule has 4 rings (SSSR count). The minimum atomic E-state index is -0.469. The van der Waals surface area contributed by atoms with E-state index in [-0.39, 0.29) is 24.3 Å². The number of H-pyrrole nitrogens is 1. The molecule has 0 aliphatic heterocycles. The Hall–Kier alpha value is -4.07. The molecule has 8 heteroatoms. The normalized spacial score (nSPS) is 11.9. The summed E-state index contributed by atoms with van der Waals surface area (Å²) in [5.41, 5.74) is 2.06. The summed E-state index contributed by atoms with van der Waals surface area (Å²) in [6.45, 7) is 1.46. The van der Waals surface area contributed by atoms with Crippen molar-refractivity contribution in [2.24, 2.45) is 0 Å². The van der Waals surface area contributed by atoms with Crippen LogP contribution < -0.4 is 11.0 Å². The predicted molar refractivity (Wildman–Crippen MR) is 135 cm³/mol. The standard InChI is InChI=1S/C27H29N5O3/c1-19(33)10-4-2-7-14-22(26-28-17-23(31-26)20-11-5-3-6-12-20)30-25(34)18-32-24-15-9-8-13-21(24)16-29-27(32)35/h3,5-6,8-9,11-13,15-17,22H,2,4,7,10,14,18H2,1H3,(H,28,31)(H,30,34)/t22-/m0/s1. The molecule has 2 N–H and O–H groups in total. The molecule has 0 aliphatic rings. The summed E-state index contributed by atoms with van der Waals surface area (Å²) in [4.78, 5) is 48.5. The molecule has 0 saturated heterocycles. The highest BCUT2D eigenvalue weighted by Gasteiger charge is 2.19. The van der Waals surface area contributed by atoms with E-state index in [1.54, 1.807) is 19.2 Å². The Morgan fingerprint density at radius 2 is 1.74 bits per heavy atom. The van der Waals surface area contributed by atoms with Gasteiger partial charge in [0.05, 0.1) is 23.4 Å². The van der Waals surface area contributed by atoms with Gasteiger partial charge < -0.3 is 15.1 Å². The molecule has 0 aliphatic carbocycles. The molecule has 0 bridgehead atoms. The van der Waals surface area contributed by atoms with Gasteiger partial charge in [-0.25, -0.2) is 14.8 Å². The number of ketones is 1. The van der Waals surface area contributed by atoms with Gasteiger partial charge in [0.1, 0.15) is 18.2 Å². The molecule has 0 radical (unpaired) electrons. The lowest BCUT2D eigenvalue weighted by atomic mass is 10.1. The molecule has 8 nitrogen and oxygen atoms in total. The monoisotopic (exact) mass is 471 g/mol. The molecular weight excluding hydrogens is 442 g/mol. The molecule has 0 fully saturated rings. The van der Waals surface area contributed by atoms with Crippen molar-refractivity contribution in [1.82, 2.24) is 24.8 Å². The molecule has 2 aromatic carbocycles. The molecule has 35 heavy (non-hydrogen) atoms. The summed E-state index contributed by atoms with van der Waals surface area (Å²) in [6.07, 6.45) is 7.03. The van der Waals surface area contributed by atoms with E-state index in [1.165, 1.54) is 10.8 Å². The van der Waals surface area contributed by atoms with Crippen molar-refractivity contribution in [2.45, 2.75) is 51.6 Å². The molecule has 2 heterocycles. The van der Waals surface area contributed by atoms with Crippen molar-refractivity contribution in [3.8, 4) is 11.3 Å². The summed E-state index contributed by atoms with van der Waals surface area (Å²) in [5, 5.41) is 3.84. The fourth-order valence-electron chi connectivity index (χ4n) is 4.13. The molecule has 0 unspecified atom stereocenters. The van der Waals surface area contributed by atoms with Gasteiger partial charge >= 0.3 is 5.69 Å². The zero-order chi connectivity index (χ0) is 24.6. The Morgan fingerprint density at radius 1 is 0.971 bits per heavy atom. The summed E-state index contributed by atoms with van der Waals surface area (Å²) < 4.78 is 1.38. The van der Waals surface area contributed by atoms with Crippen LogP contribution in [0.3, 0.4) is 0 Å². The maximum Gasteiger partial charge on any atom is 0.348 e. The predicted octanol–water partition coefficient (Wildman–Crippen LogP) is 4.18.